The third kappa shape index (κ3) is 2.71. The molecule has 5 heteroatoms. The standard InChI is InChI=1S/C13H13ClN2OS/c1-7-4-8(2)12(10(14)5-7)16-13(17)11-6-18-9(3)15-11/h4-6H,1-3H3,(H,16,17). The maximum Gasteiger partial charge on any atom is 0.275 e. The first-order valence-corrected chi connectivity index (χ1v) is 6.73. The first-order chi connectivity index (χ1) is 8.47. The van der Waals surface area contributed by atoms with Crippen LogP contribution in [0, 0.1) is 20.8 Å². The van der Waals surface area contributed by atoms with Gasteiger partial charge in [-0.1, -0.05) is 17.7 Å². The summed E-state index contributed by atoms with van der Waals surface area (Å²) in [5.74, 6) is -0.229. The molecular weight excluding hydrogens is 268 g/mol. The number of aryl methyl sites for hydroxylation is 3. The third-order valence-electron chi connectivity index (χ3n) is 2.52. The number of nitrogens with one attached hydrogen (secondary N) is 1. The lowest BCUT2D eigenvalue weighted by Gasteiger charge is -2.10. The minimum atomic E-state index is -0.229. The number of anilines is 1. The van der Waals surface area contributed by atoms with Crippen molar-refractivity contribution in [3.8, 4) is 0 Å². The van der Waals surface area contributed by atoms with Crippen LogP contribution in [0.1, 0.15) is 26.6 Å². The van der Waals surface area contributed by atoms with Crippen LogP contribution in [0.15, 0.2) is 17.5 Å². The molecule has 0 spiro atoms. The summed E-state index contributed by atoms with van der Waals surface area (Å²) in [7, 11) is 0. The highest BCUT2D eigenvalue weighted by Crippen LogP contribution is 2.27. The number of hydrogen-bond donors (Lipinski definition) is 1. The van der Waals surface area contributed by atoms with Gasteiger partial charge in [0.15, 0.2) is 0 Å². The molecule has 18 heavy (non-hydrogen) atoms. The second-order valence-electron chi connectivity index (χ2n) is 4.14. The number of aromatic nitrogens is 1. The Bertz CT molecular complexity index is 584. The van der Waals surface area contributed by atoms with E-state index in [9.17, 15) is 4.79 Å². The summed E-state index contributed by atoms with van der Waals surface area (Å²) in [4.78, 5) is 16.1. The summed E-state index contributed by atoms with van der Waals surface area (Å²) < 4.78 is 0. The fourth-order valence-electron chi connectivity index (χ4n) is 1.72. The maximum absolute atomic E-state index is 12.0. The second kappa shape index (κ2) is 5.08. The molecule has 0 aliphatic carbocycles. The number of rotatable bonds is 2. The molecule has 0 fully saturated rings. The number of amides is 1. The number of carbonyl (C=O) groups is 1. The first-order valence-electron chi connectivity index (χ1n) is 5.47. The van der Waals surface area contributed by atoms with Crippen molar-refractivity contribution < 1.29 is 4.79 Å². The quantitative estimate of drug-likeness (QED) is 0.904. The third-order valence-corrected chi connectivity index (χ3v) is 3.59. The highest BCUT2D eigenvalue weighted by atomic mass is 35.5. The molecule has 2 rings (SSSR count). The van der Waals surface area contributed by atoms with Crippen LogP contribution in [0.3, 0.4) is 0 Å². The van der Waals surface area contributed by atoms with Crippen molar-refractivity contribution in [2.24, 2.45) is 0 Å². The molecule has 1 aromatic carbocycles. The Morgan fingerprint density at radius 3 is 2.61 bits per heavy atom. The fraction of sp³-hybridized carbons (Fsp3) is 0.231. The molecule has 0 radical (unpaired) electrons. The zero-order valence-electron chi connectivity index (χ0n) is 10.4. The Hall–Kier alpha value is -1.39. The average molecular weight is 281 g/mol. The van der Waals surface area contributed by atoms with Crippen LogP contribution in [0.2, 0.25) is 5.02 Å². The molecule has 0 saturated heterocycles. The molecule has 94 valence electrons. The molecule has 2 aromatic rings. The van der Waals surface area contributed by atoms with E-state index >= 15 is 0 Å². The number of hydrogen-bond acceptors (Lipinski definition) is 3. The Morgan fingerprint density at radius 1 is 1.33 bits per heavy atom. The van der Waals surface area contributed by atoms with E-state index in [1.54, 1.807) is 5.38 Å². The largest absolute Gasteiger partial charge is 0.319 e. The smallest absolute Gasteiger partial charge is 0.275 e. The van der Waals surface area contributed by atoms with E-state index in [1.807, 2.05) is 32.9 Å². The zero-order chi connectivity index (χ0) is 13.3. The van der Waals surface area contributed by atoms with Gasteiger partial charge in [0, 0.05) is 5.38 Å². The Labute approximate surface area is 115 Å². The summed E-state index contributed by atoms with van der Waals surface area (Å²) in [6, 6.07) is 3.81. The molecule has 1 aromatic heterocycles. The Balaban J connectivity index is 2.27. The van der Waals surface area contributed by atoms with Crippen LogP contribution in [0.5, 0.6) is 0 Å². The van der Waals surface area contributed by atoms with Crippen molar-refractivity contribution in [2.75, 3.05) is 5.32 Å². The van der Waals surface area contributed by atoms with Gasteiger partial charge in [-0.15, -0.1) is 11.3 Å². The molecule has 0 bridgehead atoms. The SMILES string of the molecule is Cc1cc(C)c(NC(=O)c2csc(C)n2)c(Cl)c1. The molecular formula is C13H13ClN2OS. The van der Waals surface area contributed by atoms with Gasteiger partial charge >= 0.3 is 0 Å². The lowest BCUT2D eigenvalue weighted by atomic mass is 10.1. The number of carbonyl (C=O) groups excluding carboxylic acids is 1. The molecule has 0 aliphatic rings. The zero-order valence-corrected chi connectivity index (χ0v) is 11.9. The van der Waals surface area contributed by atoms with Crippen LogP contribution in [-0.4, -0.2) is 10.9 Å². The molecule has 1 amide bonds. The summed E-state index contributed by atoms with van der Waals surface area (Å²) in [5, 5.41) is 5.96. The van der Waals surface area contributed by atoms with Crippen LogP contribution in [0.4, 0.5) is 5.69 Å². The molecule has 0 saturated carbocycles. The predicted octanol–water partition coefficient (Wildman–Crippen LogP) is 3.97. The minimum absolute atomic E-state index is 0.229. The van der Waals surface area contributed by atoms with Crippen LogP contribution in [0.25, 0.3) is 0 Å². The van der Waals surface area contributed by atoms with E-state index in [-0.39, 0.29) is 5.91 Å². The summed E-state index contributed by atoms with van der Waals surface area (Å²) >= 11 is 7.59. The Morgan fingerprint density at radius 2 is 2.06 bits per heavy atom. The van der Waals surface area contributed by atoms with Gasteiger partial charge in [-0.05, 0) is 38.0 Å². The van der Waals surface area contributed by atoms with Gasteiger partial charge in [0.25, 0.3) is 5.91 Å². The van der Waals surface area contributed by atoms with Gasteiger partial charge in [-0.25, -0.2) is 4.98 Å². The first kappa shape index (κ1) is 13.1. The van der Waals surface area contributed by atoms with Gasteiger partial charge in [0.05, 0.1) is 15.7 Å². The molecule has 0 unspecified atom stereocenters. The highest BCUT2D eigenvalue weighted by Gasteiger charge is 2.13. The number of halogens is 1. The molecule has 1 heterocycles. The van der Waals surface area contributed by atoms with Crippen molar-refractivity contribution in [1.82, 2.24) is 4.98 Å². The van der Waals surface area contributed by atoms with E-state index in [1.165, 1.54) is 11.3 Å². The minimum Gasteiger partial charge on any atom is -0.319 e. The predicted molar refractivity (Wildman–Crippen MR) is 75.7 cm³/mol. The van der Waals surface area contributed by atoms with Crippen molar-refractivity contribution in [3.05, 3.63) is 44.4 Å². The van der Waals surface area contributed by atoms with Crippen LogP contribution >= 0.6 is 22.9 Å². The number of thiazole rings is 1. The Kier molecular flexibility index (Phi) is 3.68. The summed E-state index contributed by atoms with van der Waals surface area (Å²) in [6.45, 7) is 5.75. The summed E-state index contributed by atoms with van der Waals surface area (Å²) in [5.41, 5.74) is 3.09. The monoisotopic (exact) mass is 280 g/mol. The molecule has 0 aliphatic heterocycles. The van der Waals surface area contributed by atoms with Crippen molar-refractivity contribution in [3.63, 3.8) is 0 Å². The second-order valence-corrected chi connectivity index (χ2v) is 5.61. The topological polar surface area (TPSA) is 42.0 Å². The van der Waals surface area contributed by atoms with Gasteiger partial charge < -0.3 is 5.32 Å². The van der Waals surface area contributed by atoms with Crippen molar-refractivity contribution in [2.45, 2.75) is 20.8 Å². The lowest BCUT2D eigenvalue weighted by molar-refractivity contribution is 0.102. The molecule has 1 N–H and O–H groups in total. The number of nitrogens with zero attached hydrogens (tertiary/aromatic N) is 1. The van der Waals surface area contributed by atoms with E-state index in [2.05, 4.69) is 10.3 Å². The van der Waals surface area contributed by atoms with Gasteiger partial charge in [-0.3, -0.25) is 4.79 Å². The van der Waals surface area contributed by atoms with Crippen LogP contribution < -0.4 is 5.32 Å². The lowest BCUT2D eigenvalue weighted by Crippen LogP contribution is -2.13. The van der Waals surface area contributed by atoms with Crippen molar-refractivity contribution >= 4 is 34.5 Å². The highest BCUT2D eigenvalue weighted by molar-refractivity contribution is 7.09. The van der Waals surface area contributed by atoms with Gasteiger partial charge in [0.2, 0.25) is 0 Å². The van der Waals surface area contributed by atoms with E-state index < -0.39 is 0 Å². The van der Waals surface area contributed by atoms with E-state index in [0.717, 1.165) is 16.1 Å². The van der Waals surface area contributed by atoms with E-state index in [4.69, 9.17) is 11.6 Å². The number of benzene rings is 1. The van der Waals surface area contributed by atoms with Crippen LogP contribution in [-0.2, 0) is 0 Å². The molecule has 3 nitrogen and oxygen atoms in total. The normalized spacial score (nSPS) is 10.4. The van der Waals surface area contributed by atoms with E-state index in [0.29, 0.717) is 16.4 Å². The van der Waals surface area contributed by atoms with Gasteiger partial charge in [-0.2, -0.15) is 0 Å². The van der Waals surface area contributed by atoms with Gasteiger partial charge in [0.1, 0.15) is 5.69 Å². The fourth-order valence-corrected chi connectivity index (χ4v) is 2.68. The maximum atomic E-state index is 12.0. The van der Waals surface area contributed by atoms with Crippen molar-refractivity contribution in [1.29, 1.82) is 0 Å². The molecule has 0 atom stereocenters. The summed E-state index contributed by atoms with van der Waals surface area (Å²) in [6.07, 6.45) is 0. The average Bonchev–Trinajstić information content (AvgIpc) is 2.70.